The van der Waals surface area contributed by atoms with Gasteiger partial charge in [0.25, 0.3) is 5.91 Å². The minimum atomic E-state index is -1.06. The molecule has 6 heteroatoms. The van der Waals surface area contributed by atoms with Crippen LogP contribution in [-0.2, 0) is 9.59 Å². The third kappa shape index (κ3) is 3.88. The summed E-state index contributed by atoms with van der Waals surface area (Å²) in [7, 11) is 2.94. The van der Waals surface area contributed by atoms with E-state index in [1.54, 1.807) is 12.1 Å². The van der Waals surface area contributed by atoms with Crippen LogP contribution in [0.3, 0.4) is 0 Å². The number of carboxylic acid groups (broad SMARTS) is 1. The fourth-order valence-corrected chi connectivity index (χ4v) is 1.52. The SMILES string of the molecule is COc1cc(C)ccc1OCC(=O)N(C)C(C)C(=O)O. The Morgan fingerprint density at radius 2 is 2.00 bits per heavy atom. The summed E-state index contributed by atoms with van der Waals surface area (Å²) in [6, 6.07) is 4.45. The number of benzene rings is 1. The van der Waals surface area contributed by atoms with Crippen molar-refractivity contribution in [1.82, 2.24) is 4.90 Å². The van der Waals surface area contributed by atoms with E-state index in [4.69, 9.17) is 14.6 Å². The fourth-order valence-electron chi connectivity index (χ4n) is 1.52. The van der Waals surface area contributed by atoms with Crippen LogP contribution < -0.4 is 9.47 Å². The average molecular weight is 281 g/mol. The summed E-state index contributed by atoms with van der Waals surface area (Å²) in [5.74, 6) is -0.495. The quantitative estimate of drug-likeness (QED) is 0.851. The molecule has 0 aromatic heterocycles. The van der Waals surface area contributed by atoms with Crippen LogP contribution in [0, 0.1) is 6.92 Å². The summed E-state index contributed by atoms with van der Waals surface area (Å²) in [6.07, 6.45) is 0. The second-order valence-electron chi connectivity index (χ2n) is 4.46. The number of carbonyl (C=O) groups is 2. The molecule has 0 aliphatic rings. The number of methoxy groups -OCH3 is 1. The Bertz CT molecular complexity index is 500. The van der Waals surface area contributed by atoms with Crippen molar-refractivity contribution in [3.05, 3.63) is 23.8 Å². The molecule has 0 saturated heterocycles. The Labute approximate surface area is 117 Å². The maximum absolute atomic E-state index is 11.8. The summed E-state index contributed by atoms with van der Waals surface area (Å²) < 4.78 is 10.5. The molecular weight excluding hydrogens is 262 g/mol. The zero-order valence-corrected chi connectivity index (χ0v) is 12.0. The van der Waals surface area contributed by atoms with E-state index in [9.17, 15) is 9.59 Å². The molecule has 1 atom stereocenters. The standard InChI is InChI=1S/C14H19NO5/c1-9-5-6-11(12(7-9)19-4)20-8-13(16)15(3)10(2)14(17)18/h5-7,10H,8H2,1-4H3,(H,17,18). The number of hydrogen-bond donors (Lipinski definition) is 1. The van der Waals surface area contributed by atoms with Gasteiger partial charge in [0.1, 0.15) is 6.04 Å². The number of hydrogen-bond acceptors (Lipinski definition) is 4. The number of carboxylic acids is 1. The van der Waals surface area contributed by atoms with Crippen molar-refractivity contribution in [3.8, 4) is 11.5 Å². The number of ether oxygens (including phenoxy) is 2. The van der Waals surface area contributed by atoms with Crippen molar-refractivity contribution in [1.29, 1.82) is 0 Å². The normalized spacial score (nSPS) is 11.6. The predicted octanol–water partition coefficient (Wildman–Crippen LogP) is 1.31. The van der Waals surface area contributed by atoms with Gasteiger partial charge in [-0.1, -0.05) is 6.07 Å². The molecule has 6 nitrogen and oxygen atoms in total. The highest BCUT2D eigenvalue weighted by Crippen LogP contribution is 2.27. The zero-order chi connectivity index (χ0) is 15.3. The lowest BCUT2D eigenvalue weighted by Crippen LogP contribution is -2.42. The van der Waals surface area contributed by atoms with Gasteiger partial charge in [0.2, 0.25) is 0 Å². The first-order valence-electron chi connectivity index (χ1n) is 6.12. The first kappa shape index (κ1) is 15.8. The largest absolute Gasteiger partial charge is 0.493 e. The third-order valence-electron chi connectivity index (χ3n) is 3.00. The first-order chi connectivity index (χ1) is 9.36. The Morgan fingerprint density at radius 1 is 1.35 bits per heavy atom. The second kappa shape index (κ2) is 6.79. The highest BCUT2D eigenvalue weighted by molar-refractivity contribution is 5.84. The van der Waals surface area contributed by atoms with Gasteiger partial charge in [-0.3, -0.25) is 4.79 Å². The molecule has 0 aliphatic carbocycles. The molecule has 1 aromatic carbocycles. The van der Waals surface area contributed by atoms with Crippen molar-refractivity contribution in [2.24, 2.45) is 0 Å². The van der Waals surface area contributed by atoms with E-state index in [1.165, 1.54) is 21.1 Å². The molecule has 0 heterocycles. The van der Waals surface area contributed by atoms with Crippen molar-refractivity contribution in [2.75, 3.05) is 20.8 Å². The minimum Gasteiger partial charge on any atom is -0.493 e. The summed E-state index contributed by atoms with van der Waals surface area (Å²) >= 11 is 0. The van der Waals surface area contributed by atoms with Crippen LogP contribution in [0.4, 0.5) is 0 Å². The van der Waals surface area contributed by atoms with Gasteiger partial charge in [0, 0.05) is 7.05 Å². The molecule has 0 aliphatic heterocycles. The lowest BCUT2D eigenvalue weighted by atomic mass is 10.2. The van der Waals surface area contributed by atoms with Gasteiger partial charge in [-0.05, 0) is 31.5 Å². The molecule has 1 N–H and O–H groups in total. The Hall–Kier alpha value is -2.24. The van der Waals surface area contributed by atoms with Gasteiger partial charge in [0.05, 0.1) is 7.11 Å². The Morgan fingerprint density at radius 3 is 2.55 bits per heavy atom. The van der Waals surface area contributed by atoms with Gasteiger partial charge in [-0.25, -0.2) is 4.79 Å². The maximum Gasteiger partial charge on any atom is 0.326 e. The lowest BCUT2D eigenvalue weighted by molar-refractivity contribution is -0.148. The number of nitrogens with zero attached hydrogens (tertiary/aromatic N) is 1. The number of carbonyl (C=O) groups excluding carboxylic acids is 1. The molecule has 0 fully saturated rings. The fraction of sp³-hybridized carbons (Fsp3) is 0.429. The predicted molar refractivity (Wildman–Crippen MR) is 73.1 cm³/mol. The molecule has 1 unspecified atom stereocenters. The van der Waals surface area contributed by atoms with E-state index in [1.807, 2.05) is 13.0 Å². The second-order valence-corrected chi connectivity index (χ2v) is 4.46. The summed E-state index contributed by atoms with van der Waals surface area (Å²) in [5, 5.41) is 8.84. The third-order valence-corrected chi connectivity index (χ3v) is 3.00. The van der Waals surface area contributed by atoms with Gasteiger partial charge in [-0.15, -0.1) is 0 Å². The van der Waals surface area contributed by atoms with E-state index in [0.29, 0.717) is 11.5 Å². The monoisotopic (exact) mass is 281 g/mol. The molecular formula is C14H19NO5. The number of likely N-dealkylation sites (N-methyl/N-ethyl adjacent to an activating group) is 1. The van der Waals surface area contributed by atoms with Gasteiger partial charge < -0.3 is 19.5 Å². The van der Waals surface area contributed by atoms with Crippen LogP contribution in [0.25, 0.3) is 0 Å². The number of amides is 1. The van der Waals surface area contributed by atoms with Crippen molar-refractivity contribution in [3.63, 3.8) is 0 Å². The van der Waals surface area contributed by atoms with Crippen LogP contribution >= 0.6 is 0 Å². The van der Waals surface area contributed by atoms with Crippen LogP contribution in [0.2, 0.25) is 0 Å². The van der Waals surface area contributed by atoms with Crippen molar-refractivity contribution >= 4 is 11.9 Å². The molecule has 110 valence electrons. The molecule has 20 heavy (non-hydrogen) atoms. The minimum absolute atomic E-state index is 0.243. The average Bonchev–Trinajstić information content (AvgIpc) is 2.43. The Balaban J connectivity index is 2.68. The summed E-state index contributed by atoms with van der Waals surface area (Å²) in [5.41, 5.74) is 1.01. The molecule has 0 bridgehead atoms. The van der Waals surface area contributed by atoms with E-state index in [-0.39, 0.29) is 6.61 Å². The smallest absolute Gasteiger partial charge is 0.326 e. The van der Waals surface area contributed by atoms with E-state index >= 15 is 0 Å². The van der Waals surface area contributed by atoms with Crippen LogP contribution in [0.15, 0.2) is 18.2 Å². The highest BCUT2D eigenvalue weighted by Gasteiger charge is 2.22. The molecule has 1 rings (SSSR count). The summed E-state index contributed by atoms with van der Waals surface area (Å²) in [6.45, 7) is 3.11. The topological polar surface area (TPSA) is 76.1 Å². The van der Waals surface area contributed by atoms with Crippen LogP contribution in [0.1, 0.15) is 12.5 Å². The molecule has 0 spiro atoms. The lowest BCUT2D eigenvalue weighted by Gasteiger charge is -2.21. The van der Waals surface area contributed by atoms with Crippen LogP contribution in [-0.4, -0.2) is 48.7 Å². The molecule has 1 aromatic rings. The molecule has 0 radical (unpaired) electrons. The summed E-state index contributed by atoms with van der Waals surface area (Å²) in [4.78, 5) is 23.8. The van der Waals surface area contributed by atoms with Gasteiger partial charge in [-0.2, -0.15) is 0 Å². The van der Waals surface area contributed by atoms with Gasteiger partial charge in [0.15, 0.2) is 18.1 Å². The van der Waals surface area contributed by atoms with Gasteiger partial charge >= 0.3 is 5.97 Å². The van der Waals surface area contributed by atoms with Crippen molar-refractivity contribution in [2.45, 2.75) is 19.9 Å². The van der Waals surface area contributed by atoms with E-state index in [2.05, 4.69) is 0 Å². The zero-order valence-electron chi connectivity index (χ0n) is 12.0. The Kier molecular flexibility index (Phi) is 5.37. The number of aliphatic carboxylic acids is 1. The van der Waals surface area contributed by atoms with E-state index in [0.717, 1.165) is 10.5 Å². The number of aryl methyl sites for hydroxylation is 1. The first-order valence-corrected chi connectivity index (χ1v) is 6.12. The highest BCUT2D eigenvalue weighted by atomic mass is 16.5. The number of rotatable bonds is 6. The van der Waals surface area contributed by atoms with Crippen LogP contribution in [0.5, 0.6) is 11.5 Å². The molecule has 0 saturated carbocycles. The maximum atomic E-state index is 11.8. The van der Waals surface area contributed by atoms with E-state index < -0.39 is 17.9 Å². The molecule has 1 amide bonds. The van der Waals surface area contributed by atoms with Crippen molar-refractivity contribution < 1.29 is 24.2 Å².